The van der Waals surface area contributed by atoms with Gasteiger partial charge in [-0.15, -0.1) is 0 Å². The maximum Gasteiger partial charge on any atom is 0.200 e. The zero-order chi connectivity index (χ0) is 38.7. The van der Waals surface area contributed by atoms with E-state index < -0.39 is 28.5 Å². The zero-order valence-electron chi connectivity index (χ0n) is 34.9. The van der Waals surface area contributed by atoms with Gasteiger partial charge in [0.15, 0.2) is 16.6 Å². The summed E-state index contributed by atoms with van der Waals surface area (Å²) in [4.78, 5) is 0. The lowest BCUT2D eigenvalue weighted by molar-refractivity contribution is -0.355. The predicted molar refractivity (Wildman–Crippen MR) is 221 cm³/mol. The monoisotopic (exact) mass is 768 g/mol. The Labute approximate surface area is 324 Å². The van der Waals surface area contributed by atoms with Crippen LogP contribution >= 0.6 is 0 Å². The molecule has 2 aromatic carbocycles. The van der Waals surface area contributed by atoms with E-state index >= 15 is 0 Å². The molecule has 0 saturated carbocycles. The Kier molecular flexibility index (Phi) is 16.4. The molecule has 1 saturated heterocycles. The van der Waals surface area contributed by atoms with Crippen LogP contribution in [-0.2, 0) is 45.8 Å². The Bertz CT molecular complexity index is 1350. The molecule has 2 heterocycles. The first kappa shape index (κ1) is 43.9. The van der Waals surface area contributed by atoms with Crippen LogP contribution in [0, 0.1) is 11.8 Å². The lowest BCUT2D eigenvalue weighted by Gasteiger charge is -2.54. The van der Waals surface area contributed by atoms with Crippen molar-refractivity contribution in [2.45, 2.75) is 167 Å². The smallest absolute Gasteiger partial charge is 0.200 e. The van der Waals surface area contributed by atoms with Crippen molar-refractivity contribution < 1.29 is 32.5 Å². The molecule has 4 rings (SSSR count). The standard InChI is InChI=1S/C44H72O7Si2/c1-12-53(13-2,14-3)51-39-28-30-47-41(35(39)5)42(48-33-37-25-19-16-20-26-37)44(45-9)31-40(50-52(10,11)43(6,7)8)34(4)38(49-44)27-21-22-29-46-32-36-23-17-15-18-24-36/h15-20,23-26,28,30,34-35,38-42H,12-14,21-22,27,29,31-33H2,1-11H3/t34-,35+,38+,39-,40-,41+,42-,44+/m0/s1. The van der Waals surface area contributed by atoms with Crippen LogP contribution < -0.4 is 0 Å². The number of benzene rings is 2. The lowest BCUT2D eigenvalue weighted by Crippen LogP contribution is -2.65. The van der Waals surface area contributed by atoms with Crippen molar-refractivity contribution in [2.24, 2.45) is 11.8 Å². The van der Waals surface area contributed by atoms with E-state index in [1.165, 1.54) is 5.56 Å². The highest BCUT2D eigenvalue weighted by atomic mass is 28.4. The van der Waals surface area contributed by atoms with Gasteiger partial charge in [0, 0.05) is 32.0 Å². The van der Waals surface area contributed by atoms with E-state index in [1.54, 1.807) is 7.11 Å². The van der Waals surface area contributed by atoms with Crippen molar-refractivity contribution >= 4 is 16.6 Å². The SMILES string of the molecule is CC[Si](CC)(CC)O[C@H]1C=CO[C@@H]([C@H](OCc2ccccc2)[C@@]2(OC)C[C@H](O[Si](C)(C)C(C)(C)C)[C@@H](C)[C@@H](CCCCOCc3ccccc3)O2)[C@@H]1C. The fraction of sp³-hybridized carbons (Fsp3) is 0.682. The van der Waals surface area contributed by atoms with Gasteiger partial charge in [-0.2, -0.15) is 0 Å². The molecule has 0 aromatic heterocycles. The molecule has 0 bridgehead atoms. The topological polar surface area (TPSA) is 64.6 Å². The fourth-order valence-corrected chi connectivity index (χ4v) is 11.9. The molecule has 0 amide bonds. The summed E-state index contributed by atoms with van der Waals surface area (Å²) in [5.74, 6) is -0.933. The van der Waals surface area contributed by atoms with Crippen molar-refractivity contribution in [1.29, 1.82) is 0 Å². The normalized spacial score (nSPS) is 27.4. The Hall–Kier alpha value is -1.83. The quantitative estimate of drug-likeness (QED) is 0.0981. The van der Waals surface area contributed by atoms with Crippen LogP contribution in [0.1, 0.15) is 92.2 Å². The van der Waals surface area contributed by atoms with E-state index in [9.17, 15) is 0 Å². The minimum atomic E-state index is -2.16. The number of unbranched alkanes of at least 4 members (excludes halogenated alkanes) is 1. The predicted octanol–water partition coefficient (Wildman–Crippen LogP) is 11.1. The summed E-state index contributed by atoms with van der Waals surface area (Å²) in [7, 11) is -2.29. The minimum absolute atomic E-state index is 0.00671. The van der Waals surface area contributed by atoms with Crippen molar-refractivity contribution in [3.63, 3.8) is 0 Å². The molecule has 2 aliphatic rings. The Morgan fingerprint density at radius 1 is 0.830 bits per heavy atom. The highest BCUT2D eigenvalue weighted by Crippen LogP contribution is 2.47. The van der Waals surface area contributed by atoms with Crippen LogP contribution in [0.3, 0.4) is 0 Å². The highest BCUT2D eigenvalue weighted by Gasteiger charge is 2.57. The second-order valence-corrected chi connectivity index (χ2v) is 26.5. The van der Waals surface area contributed by atoms with Crippen LogP contribution in [0.2, 0.25) is 36.3 Å². The molecule has 0 N–H and O–H groups in total. The average molecular weight is 769 g/mol. The third kappa shape index (κ3) is 11.4. The molecule has 7 nitrogen and oxygen atoms in total. The van der Waals surface area contributed by atoms with E-state index in [2.05, 4.69) is 123 Å². The third-order valence-corrected chi connectivity index (χ3v) is 21.8. The summed E-state index contributed by atoms with van der Waals surface area (Å²) in [6, 6.07) is 24.0. The van der Waals surface area contributed by atoms with Crippen LogP contribution in [0.5, 0.6) is 0 Å². The van der Waals surface area contributed by atoms with Crippen molar-refractivity contribution in [1.82, 2.24) is 0 Å². The third-order valence-electron chi connectivity index (χ3n) is 12.6. The van der Waals surface area contributed by atoms with Crippen molar-refractivity contribution in [3.8, 4) is 0 Å². The minimum Gasteiger partial charge on any atom is -0.495 e. The number of rotatable bonds is 20. The summed E-state index contributed by atoms with van der Waals surface area (Å²) in [6.45, 7) is 24.7. The molecular formula is C44H72O7Si2. The Morgan fingerprint density at radius 3 is 2.00 bits per heavy atom. The van der Waals surface area contributed by atoms with Gasteiger partial charge in [-0.1, -0.05) is 116 Å². The number of ether oxygens (including phenoxy) is 5. The Morgan fingerprint density at radius 2 is 1.43 bits per heavy atom. The average Bonchev–Trinajstić information content (AvgIpc) is 3.15. The van der Waals surface area contributed by atoms with Crippen LogP contribution in [-0.4, -0.2) is 66.7 Å². The zero-order valence-corrected chi connectivity index (χ0v) is 36.9. The van der Waals surface area contributed by atoms with E-state index in [-0.39, 0.29) is 41.3 Å². The van der Waals surface area contributed by atoms with Gasteiger partial charge in [0.2, 0.25) is 5.79 Å². The van der Waals surface area contributed by atoms with Gasteiger partial charge >= 0.3 is 0 Å². The van der Waals surface area contributed by atoms with Gasteiger partial charge < -0.3 is 32.5 Å². The van der Waals surface area contributed by atoms with Crippen molar-refractivity contribution in [2.75, 3.05) is 13.7 Å². The molecule has 8 atom stereocenters. The van der Waals surface area contributed by atoms with Gasteiger partial charge in [-0.3, -0.25) is 0 Å². The summed E-state index contributed by atoms with van der Waals surface area (Å²) >= 11 is 0. The van der Waals surface area contributed by atoms with E-state index in [0.29, 0.717) is 26.2 Å². The van der Waals surface area contributed by atoms with Gasteiger partial charge in [0.1, 0.15) is 12.2 Å². The number of methoxy groups -OCH3 is 1. The first-order chi connectivity index (χ1) is 25.2. The summed E-state index contributed by atoms with van der Waals surface area (Å²) < 4.78 is 48.1. The first-order valence-corrected chi connectivity index (χ1v) is 25.9. The first-order valence-electron chi connectivity index (χ1n) is 20.4. The maximum atomic E-state index is 7.32. The summed E-state index contributed by atoms with van der Waals surface area (Å²) in [5.41, 5.74) is 2.29. The molecule has 0 unspecified atom stereocenters. The molecule has 0 radical (unpaired) electrons. The second-order valence-electron chi connectivity index (χ2n) is 17.0. The highest BCUT2D eigenvalue weighted by molar-refractivity contribution is 6.74. The summed E-state index contributed by atoms with van der Waals surface area (Å²) in [5, 5.41) is 0.0557. The molecule has 0 spiro atoms. The maximum absolute atomic E-state index is 7.32. The molecule has 0 aliphatic carbocycles. The number of hydrogen-bond acceptors (Lipinski definition) is 7. The fourth-order valence-electron chi connectivity index (χ4n) is 7.60. The van der Waals surface area contributed by atoms with Crippen molar-refractivity contribution in [3.05, 3.63) is 84.1 Å². The van der Waals surface area contributed by atoms with Gasteiger partial charge in [-0.25, -0.2) is 0 Å². The second kappa shape index (κ2) is 19.9. The van der Waals surface area contributed by atoms with Crippen LogP contribution in [0.25, 0.3) is 0 Å². The Balaban J connectivity index is 1.64. The molecule has 53 heavy (non-hydrogen) atoms. The lowest BCUT2D eigenvalue weighted by atomic mass is 9.80. The van der Waals surface area contributed by atoms with E-state index in [0.717, 1.165) is 43.0 Å². The molecule has 2 aromatic rings. The number of hydrogen-bond donors (Lipinski definition) is 0. The van der Waals surface area contributed by atoms with Gasteiger partial charge in [0.05, 0.1) is 37.8 Å². The van der Waals surface area contributed by atoms with Crippen LogP contribution in [0.4, 0.5) is 0 Å². The van der Waals surface area contributed by atoms with E-state index in [1.807, 2.05) is 18.4 Å². The van der Waals surface area contributed by atoms with Crippen LogP contribution in [0.15, 0.2) is 73.0 Å². The van der Waals surface area contributed by atoms with Gasteiger partial charge in [-0.05, 0) is 72.7 Å². The largest absolute Gasteiger partial charge is 0.495 e. The van der Waals surface area contributed by atoms with E-state index in [4.69, 9.17) is 32.5 Å². The molecule has 2 aliphatic heterocycles. The summed E-state index contributed by atoms with van der Waals surface area (Å²) in [6.07, 6.45) is 6.11. The molecule has 1 fully saturated rings. The molecule has 9 heteroatoms. The molecule has 298 valence electrons. The van der Waals surface area contributed by atoms with Gasteiger partial charge in [0.25, 0.3) is 0 Å². The molecular weight excluding hydrogens is 697 g/mol.